The molecule has 1 N–H and O–H groups in total. The number of benzene rings is 3. The standard InChI is InChI=1S/C23H19F6N3O4S.C7H5ClO3/c1-32(12-13-8-14(22(24,25)26)10-15(9-13)23(27,28)29)20(33)17-11-30-21(37(3,34)35)31-19(17)16-6-4-5-7-18(16)36-2;8-6-3-1-2-5(4-6)7(9)11-10/h4-11H,12H2,1-3H3;1-4,10H. The Balaban J connectivity index is 0.000000480. The van der Waals surface area contributed by atoms with Gasteiger partial charge in [0.05, 0.1) is 35.1 Å². The van der Waals surface area contributed by atoms with Crippen LogP contribution < -0.4 is 4.74 Å². The van der Waals surface area contributed by atoms with Gasteiger partial charge < -0.3 is 9.64 Å². The molecule has 3 aromatic carbocycles. The molecule has 0 fully saturated rings. The number of ether oxygens (including phenoxy) is 1. The number of para-hydroxylation sites is 1. The number of aromatic nitrogens is 2. The third-order valence-corrected chi connectivity index (χ3v) is 7.34. The highest BCUT2D eigenvalue weighted by atomic mass is 35.5. The van der Waals surface area contributed by atoms with E-state index in [-0.39, 0.29) is 34.2 Å². The summed E-state index contributed by atoms with van der Waals surface area (Å²) < 4.78 is 109. The number of hydrogen-bond acceptors (Lipinski definition) is 9. The molecule has 48 heavy (non-hydrogen) atoms. The first-order chi connectivity index (χ1) is 22.3. The van der Waals surface area contributed by atoms with Crippen molar-refractivity contribution in [1.29, 1.82) is 0 Å². The second kappa shape index (κ2) is 15.0. The van der Waals surface area contributed by atoms with Crippen LogP contribution in [-0.4, -0.2) is 60.8 Å². The Labute approximate surface area is 274 Å². The van der Waals surface area contributed by atoms with E-state index in [1.807, 2.05) is 0 Å². The van der Waals surface area contributed by atoms with Crippen LogP contribution in [0.4, 0.5) is 26.3 Å². The van der Waals surface area contributed by atoms with Crippen LogP contribution in [0.1, 0.15) is 37.4 Å². The van der Waals surface area contributed by atoms with Crippen molar-refractivity contribution < 1.29 is 59.2 Å². The lowest BCUT2D eigenvalue weighted by Crippen LogP contribution is -2.28. The Kier molecular flexibility index (Phi) is 11.8. The van der Waals surface area contributed by atoms with Gasteiger partial charge in [0.1, 0.15) is 5.75 Å². The smallest absolute Gasteiger partial charge is 0.416 e. The fourth-order valence-electron chi connectivity index (χ4n) is 4.08. The predicted octanol–water partition coefficient (Wildman–Crippen LogP) is 6.84. The minimum absolute atomic E-state index is 0.0111. The summed E-state index contributed by atoms with van der Waals surface area (Å²) in [6.45, 7) is -0.634. The van der Waals surface area contributed by atoms with Gasteiger partial charge in [-0.2, -0.15) is 31.6 Å². The topological polar surface area (TPSA) is 136 Å². The number of amides is 1. The number of methoxy groups -OCH3 is 1. The molecule has 0 aliphatic carbocycles. The van der Waals surface area contributed by atoms with Crippen molar-refractivity contribution in [3.05, 3.63) is 106 Å². The van der Waals surface area contributed by atoms with Crippen LogP contribution in [0.25, 0.3) is 11.3 Å². The molecule has 4 aromatic rings. The zero-order chi connectivity index (χ0) is 36.0. The van der Waals surface area contributed by atoms with E-state index in [0.29, 0.717) is 17.2 Å². The number of hydrogen-bond donors (Lipinski definition) is 1. The first-order valence-corrected chi connectivity index (χ1v) is 15.4. The predicted molar refractivity (Wildman–Crippen MR) is 159 cm³/mol. The Morgan fingerprint density at radius 2 is 1.54 bits per heavy atom. The van der Waals surface area contributed by atoms with E-state index in [4.69, 9.17) is 21.6 Å². The Morgan fingerprint density at radius 1 is 0.938 bits per heavy atom. The van der Waals surface area contributed by atoms with Crippen LogP contribution >= 0.6 is 11.6 Å². The van der Waals surface area contributed by atoms with Gasteiger partial charge in [0.15, 0.2) is 0 Å². The molecule has 0 unspecified atom stereocenters. The number of alkyl halides is 6. The molecule has 0 aliphatic heterocycles. The molecule has 1 aromatic heterocycles. The van der Waals surface area contributed by atoms with E-state index in [1.165, 1.54) is 31.4 Å². The normalized spacial score (nSPS) is 11.6. The van der Waals surface area contributed by atoms with Crippen LogP contribution in [-0.2, 0) is 33.6 Å². The van der Waals surface area contributed by atoms with Gasteiger partial charge in [-0.05, 0) is 54.1 Å². The fourth-order valence-corrected chi connectivity index (χ4v) is 4.77. The first-order valence-electron chi connectivity index (χ1n) is 13.1. The van der Waals surface area contributed by atoms with Gasteiger partial charge in [-0.3, -0.25) is 9.68 Å². The highest BCUT2D eigenvalue weighted by molar-refractivity contribution is 7.90. The van der Waals surface area contributed by atoms with Crippen molar-refractivity contribution in [3.63, 3.8) is 0 Å². The summed E-state index contributed by atoms with van der Waals surface area (Å²) in [5.41, 5.74) is -3.42. The van der Waals surface area contributed by atoms with Gasteiger partial charge in [-0.15, -0.1) is 0 Å². The molecule has 256 valence electrons. The maximum absolute atomic E-state index is 13.3. The molecular formula is C30H24ClF6N3O7S. The summed E-state index contributed by atoms with van der Waals surface area (Å²) >= 11 is 5.56. The third-order valence-electron chi connectivity index (χ3n) is 6.25. The molecule has 0 saturated carbocycles. The number of halogens is 7. The lowest BCUT2D eigenvalue weighted by molar-refractivity contribution is -0.182. The quantitative estimate of drug-likeness (QED) is 0.0943. The van der Waals surface area contributed by atoms with Crippen LogP contribution in [0.15, 0.2) is 78.1 Å². The van der Waals surface area contributed by atoms with E-state index in [1.54, 1.807) is 24.3 Å². The maximum atomic E-state index is 13.3. The van der Waals surface area contributed by atoms with Crippen LogP contribution in [0.3, 0.4) is 0 Å². The number of nitrogens with zero attached hydrogens (tertiary/aromatic N) is 3. The van der Waals surface area contributed by atoms with Crippen LogP contribution in [0.5, 0.6) is 5.75 Å². The van der Waals surface area contributed by atoms with Gasteiger partial charge in [0.2, 0.25) is 15.0 Å². The molecule has 4 rings (SSSR count). The number of sulfone groups is 1. The fraction of sp³-hybridized carbons (Fsp3) is 0.200. The summed E-state index contributed by atoms with van der Waals surface area (Å²) in [5.74, 6) is -1.47. The molecule has 0 radical (unpaired) electrons. The molecule has 0 aliphatic rings. The molecule has 0 spiro atoms. The van der Waals surface area contributed by atoms with Gasteiger partial charge >= 0.3 is 18.3 Å². The van der Waals surface area contributed by atoms with Gasteiger partial charge in [-0.1, -0.05) is 29.8 Å². The van der Waals surface area contributed by atoms with Crippen molar-refractivity contribution >= 4 is 33.3 Å². The summed E-state index contributed by atoms with van der Waals surface area (Å²) in [4.78, 5) is 36.0. The lowest BCUT2D eigenvalue weighted by Gasteiger charge is -2.21. The highest BCUT2D eigenvalue weighted by Crippen LogP contribution is 2.37. The average Bonchev–Trinajstić information content (AvgIpc) is 3.02. The Morgan fingerprint density at radius 3 is 2.06 bits per heavy atom. The molecule has 18 heteroatoms. The zero-order valence-corrected chi connectivity index (χ0v) is 26.5. The van der Waals surface area contributed by atoms with Crippen molar-refractivity contribution in [2.75, 3.05) is 20.4 Å². The minimum Gasteiger partial charge on any atom is -0.496 e. The monoisotopic (exact) mass is 719 g/mol. The number of carbonyl (C=O) groups is 2. The maximum Gasteiger partial charge on any atom is 0.416 e. The SMILES string of the molecule is COc1ccccc1-c1nc(S(C)(=O)=O)ncc1C(=O)N(C)Cc1cc(C(F)(F)F)cc(C(F)(F)F)c1.O=C(OO)c1cccc(Cl)c1. The van der Waals surface area contributed by atoms with E-state index in [2.05, 4.69) is 14.9 Å². The van der Waals surface area contributed by atoms with Crippen molar-refractivity contribution in [2.24, 2.45) is 0 Å². The average molecular weight is 720 g/mol. The third kappa shape index (κ3) is 9.65. The Bertz CT molecular complexity index is 1890. The molecule has 1 amide bonds. The van der Waals surface area contributed by atoms with E-state index >= 15 is 0 Å². The largest absolute Gasteiger partial charge is 0.496 e. The number of rotatable bonds is 7. The Hall–Kier alpha value is -4.74. The molecule has 0 saturated heterocycles. The van der Waals surface area contributed by atoms with Crippen LogP contribution in [0, 0.1) is 0 Å². The second-order valence-corrected chi connectivity index (χ2v) is 12.2. The minimum atomic E-state index is -5.05. The van der Waals surface area contributed by atoms with Crippen molar-refractivity contribution in [3.8, 4) is 17.0 Å². The molecule has 10 nitrogen and oxygen atoms in total. The second-order valence-electron chi connectivity index (χ2n) is 9.85. The highest BCUT2D eigenvalue weighted by Gasteiger charge is 2.37. The lowest BCUT2D eigenvalue weighted by atomic mass is 10.0. The van der Waals surface area contributed by atoms with E-state index in [9.17, 15) is 44.3 Å². The molecular weight excluding hydrogens is 696 g/mol. The van der Waals surface area contributed by atoms with Gasteiger partial charge in [0, 0.05) is 36.6 Å². The zero-order valence-electron chi connectivity index (χ0n) is 24.9. The van der Waals surface area contributed by atoms with Gasteiger partial charge in [-0.25, -0.2) is 23.2 Å². The summed E-state index contributed by atoms with van der Waals surface area (Å²) in [6.07, 6.45) is -8.32. The summed E-state index contributed by atoms with van der Waals surface area (Å²) in [7, 11) is -1.41. The molecule has 0 bridgehead atoms. The summed E-state index contributed by atoms with van der Waals surface area (Å²) in [5, 5.41) is 7.81. The molecule has 1 heterocycles. The van der Waals surface area contributed by atoms with Crippen molar-refractivity contribution in [2.45, 2.75) is 24.1 Å². The van der Waals surface area contributed by atoms with E-state index < -0.39 is 62.5 Å². The first kappa shape index (κ1) is 37.7. The van der Waals surface area contributed by atoms with Crippen LogP contribution in [0.2, 0.25) is 5.02 Å². The van der Waals surface area contributed by atoms with E-state index in [0.717, 1.165) is 24.4 Å². The number of carbonyl (C=O) groups excluding carboxylic acids is 2. The van der Waals surface area contributed by atoms with Crippen molar-refractivity contribution in [1.82, 2.24) is 14.9 Å². The molecule has 0 atom stereocenters. The van der Waals surface area contributed by atoms with Gasteiger partial charge in [0.25, 0.3) is 5.91 Å². The summed E-state index contributed by atoms with van der Waals surface area (Å²) in [6, 6.07) is 13.3.